The molecule has 174 valence electrons. The van der Waals surface area contributed by atoms with Crippen molar-refractivity contribution in [1.29, 1.82) is 5.26 Å². The maximum atomic E-state index is 13.7. The first-order chi connectivity index (χ1) is 17.2. The Bertz CT molecular complexity index is 1670. The van der Waals surface area contributed by atoms with Crippen LogP contribution in [-0.2, 0) is 6.54 Å². The second-order valence-electron chi connectivity index (χ2n) is 8.41. The number of likely N-dealkylation sites (N-methyl/N-ethyl adjacent to an activating group) is 1. The number of nitriles is 1. The normalized spacial score (nSPS) is 15.1. The quantitative estimate of drug-likeness (QED) is 0.423. The lowest BCUT2D eigenvalue weighted by Gasteiger charge is -2.26. The van der Waals surface area contributed by atoms with Crippen LogP contribution >= 0.6 is 0 Å². The Balaban J connectivity index is 1.58. The summed E-state index contributed by atoms with van der Waals surface area (Å²) in [6.07, 6.45) is 3.98. The molecule has 1 aliphatic rings. The minimum atomic E-state index is -0.210. The first kappa shape index (κ1) is 21.1. The number of para-hydroxylation sites is 1. The maximum Gasteiger partial charge on any atom is 0.330 e. The summed E-state index contributed by atoms with van der Waals surface area (Å²) in [5.74, 6) is 1.17. The van der Waals surface area contributed by atoms with Crippen LogP contribution in [0.1, 0.15) is 23.6 Å². The molecule has 0 unspecified atom stereocenters. The third-order valence-electron chi connectivity index (χ3n) is 6.41. The lowest BCUT2D eigenvalue weighted by Crippen LogP contribution is -2.32. The second kappa shape index (κ2) is 8.38. The first-order valence-corrected chi connectivity index (χ1v) is 11.4. The molecule has 0 saturated heterocycles. The highest BCUT2D eigenvalue weighted by Crippen LogP contribution is 2.35. The van der Waals surface area contributed by atoms with Gasteiger partial charge in [-0.05, 0) is 31.3 Å². The van der Waals surface area contributed by atoms with Gasteiger partial charge in [0.15, 0.2) is 5.65 Å². The van der Waals surface area contributed by atoms with Crippen LogP contribution in [-0.4, -0.2) is 48.9 Å². The highest BCUT2D eigenvalue weighted by atomic mass is 16.5. The van der Waals surface area contributed by atoms with Crippen LogP contribution in [0.15, 0.2) is 59.8 Å². The van der Waals surface area contributed by atoms with Crippen molar-refractivity contribution in [3.05, 3.63) is 76.6 Å². The number of nitrogens with zero attached hydrogens (tertiary/aromatic N) is 7. The second-order valence-corrected chi connectivity index (χ2v) is 8.41. The summed E-state index contributed by atoms with van der Waals surface area (Å²) in [6, 6.07) is 15.0. The highest BCUT2D eigenvalue weighted by Gasteiger charge is 2.28. The van der Waals surface area contributed by atoms with E-state index >= 15 is 0 Å². The van der Waals surface area contributed by atoms with Gasteiger partial charge in [-0.25, -0.2) is 14.8 Å². The number of nitrogens with one attached hydrogen (secondary N) is 1. The SMILES string of the molecule is CNCCn1c(=O)n([C@@H]2CCOc3ccccc32)c2nc(-n3cnc4ccc(C#N)cc43)ncc21. The monoisotopic (exact) mass is 466 g/mol. The molecule has 0 spiro atoms. The van der Waals surface area contributed by atoms with Crippen LogP contribution in [0, 0.1) is 11.3 Å². The van der Waals surface area contributed by atoms with Gasteiger partial charge in [0.05, 0.1) is 41.5 Å². The number of ether oxygens (including phenoxy) is 1. The minimum Gasteiger partial charge on any atom is -0.493 e. The molecule has 10 heteroatoms. The van der Waals surface area contributed by atoms with Crippen molar-refractivity contribution >= 4 is 22.2 Å². The van der Waals surface area contributed by atoms with Crippen LogP contribution in [0.25, 0.3) is 28.1 Å². The van der Waals surface area contributed by atoms with E-state index in [-0.39, 0.29) is 11.7 Å². The van der Waals surface area contributed by atoms with Crippen molar-refractivity contribution in [1.82, 2.24) is 34.0 Å². The number of rotatable bonds is 5. The zero-order valence-electron chi connectivity index (χ0n) is 19.0. The van der Waals surface area contributed by atoms with Gasteiger partial charge in [0.25, 0.3) is 0 Å². The van der Waals surface area contributed by atoms with Crippen molar-refractivity contribution in [2.45, 2.75) is 19.0 Å². The van der Waals surface area contributed by atoms with Gasteiger partial charge in [0.2, 0.25) is 5.95 Å². The van der Waals surface area contributed by atoms with Crippen LogP contribution < -0.4 is 15.7 Å². The Morgan fingerprint density at radius 2 is 2.09 bits per heavy atom. The van der Waals surface area contributed by atoms with Crippen molar-refractivity contribution in [3.8, 4) is 17.8 Å². The van der Waals surface area contributed by atoms with Crippen LogP contribution in [0.4, 0.5) is 0 Å². The Morgan fingerprint density at radius 1 is 1.20 bits per heavy atom. The fourth-order valence-electron chi connectivity index (χ4n) is 4.71. The molecule has 1 atom stereocenters. The third kappa shape index (κ3) is 3.36. The number of aromatic nitrogens is 6. The highest BCUT2D eigenvalue weighted by molar-refractivity contribution is 5.79. The molecular formula is C25H22N8O2. The summed E-state index contributed by atoms with van der Waals surface area (Å²) in [5, 5.41) is 12.4. The van der Waals surface area contributed by atoms with Crippen molar-refractivity contribution < 1.29 is 4.74 Å². The molecule has 0 bridgehead atoms. The summed E-state index contributed by atoms with van der Waals surface area (Å²) >= 11 is 0. The molecule has 0 radical (unpaired) electrons. The largest absolute Gasteiger partial charge is 0.493 e. The summed E-state index contributed by atoms with van der Waals surface area (Å²) in [6.45, 7) is 1.64. The standard InChI is InChI=1S/C25H22N8O2/c1-27-9-10-31-21-14-28-24(32-15-29-18-7-6-16(13-26)12-20(18)32)30-23(21)33(25(31)34)19-8-11-35-22-5-3-2-4-17(19)22/h2-7,12,14-15,19,27H,8-11H2,1H3/t19-/m1/s1. The van der Waals surface area contributed by atoms with E-state index in [1.54, 1.807) is 44.4 Å². The molecule has 2 aromatic carbocycles. The average Bonchev–Trinajstić information content (AvgIpc) is 3.44. The van der Waals surface area contributed by atoms with Crippen LogP contribution in [0.5, 0.6) is 5.75 Å². The first-order valence-electron chi connectivity index (χ1n) is 11.4. The van der Waals surface area contributed by atoms with Gasteiger partial charge in [-0.3, -0.25) is 13.7 Å². The molecule has 6 rings (SSSR count). The van der Waals surface area contributed by atoms with Gasteiger partial charge in [0.1, 0.15) is 17.6 Å². The van der Waals surface area contributed by atoms with E-state index in [0.717, 1.165) is 22.3 Å². The lowest BCUT2D eigenvalue weighted by atomic mass is 10.0. The van der Waals surface area contributed by atoms with Crippen LogP contribution in [0.3, 0.4) is 0 Å². The molecular weight excluding hydrogens is 444 g/mol. The molecule has 4 heterocycles. The van der Waals surface area contributed by atoms with Crippen LogP contribution in [0.2, 0.25) is 0 Å². The van der Waals surface area contributed by atoms with E-state index in [1.165, 1.54) is 0 Å². The number of imidazole rings is 2. The van der Waals surface area contributed by atoms with Crippen molar-refractivity contribution in [2.24, 2.45) is 0 Å². The maximum absolute atomic E-state index is 13.7. The van der Waals surface area contributed by atoms with E-state index in [2.05, 4.69) is 21.4 Å². The summed E-state index contributed by atoms with van der Waals surface area (Å²) in [5.41, 5.74) is 4.02. The number of fused-ring (bicyclic) bond motifs is 3. The zero-order chi connectivity index (χ0) is 23.9. The number of benzene rings is 2. The van der Waals surface area contributed by atoms with Gasteiger partial charge in [-0.15, -0.1) is 0 Å². The Hall–Kier alpha value is -4.49. The number of hydrogen-bond acceptors (Lipinski definition) is 7. The van der Waals surface area contributed by atoms with Crippen molar-refractivity contribution in [2.75, 3.05) is 20.2 Å². The molecule has 10 nitrogen and oxygen atoms in total. The topological polar surface area (TPSA) is 116 Å². The predicted molar refractivity (Wildman–Crippen MR) is 130 cm³/mol. The third-order valence-corrected chi connectivity index (χ3v) is 6.41. The van der Waals surface area contributed by atoms with E-state index < -0.39 is 0 Å². The van der Waals surface area contributed by atoms with Gasteiger partial charge in [-0.2, -0.15) is 10.2 Å². The van der Waals surface area contributed by atoms with E-state index in [4.69, 9.17) is 9.72 Å². The van der Waals surface area contributed by atoms with Gasteiger partial charge in [-0.1, -0.05) is 18.2 Å². The summed E-state index contributed by atoms with van der Waals surface area (Å²) in [4.78, 5) is 27.6. The Morgan fingerprint density at radius 3 is 2.94 bits per heavy atom. The molecule has 3 aromatic heterocycles. The van der Waals surface area contributed by atoms with Crippen molar-refractivity contribution in [3.63, 3.8) is 0 Å². The molecule has 0 aliphatic carbocycles. The molecule has 1 N–H and O–H groups in total. The minimum absolute atomic E-state index is 0.134. The molecule has 35 heavy (non-hydrogen) atoms. The predicted octanol–water partition coefficient (Wildman–Crippen LogP) is 2.39. The fraction of sp³-hybridized carbons (Fsp3) is 0.240. The van der Waals surface area contributed by atoms with E-state index in [9.17, 15) is 10.1 Å². The van der Waals surface area contributed by atoms with E-state index in [1.807, 2.05) is 31.3 Å². The summed E-state index contributed by atoms with van der Waals surface area (Å²) in [7, 11) is 1.85. The molecule has 0 fully saturated rings. The van der Waals surface area contributed by atoms with Gasteiger partial charge in [0, 0.05) is 25.1 Å². The fourth-order valence-corrected chi connectivity index (χ4v) is 4.71. The lowest BCUT2D eigenvalue weighted by molar-refractivity contribution is 0.255. The van der Waals surface area contributed by atoms with Gasteiger partial charge >= 0.3 is 5.69 Å². The molecule has 5 aromatic rings. The Labute approximate surface area is 200 Å². The molecule has 0 amide bonds. The smallest absolute Gasteiger partial charge is 0.330 e. The zero-order valence-corrected chi connectivity index (χ0v) is 19.0. The Kier molecular flexibility index (Phi) is 5.04. The summed E-state index contributed by atoms with van der Waals surface area (Å²) < 4.78 is 11.1. The van der Waals surface area contributed by atoms with E-state index in [0.29, 0.717) is 48.8 Å². The number of hydrogen-bond donors (Lipinski definition) is 1. The molecule has 0 saturated carbocycles. The molecule has 1 aliphatic heterocycles. The average molecular weight is 467 g/mol. The van der Waals surface area contributed by atoms with Gasteiger partial charge < -0.3 is 10.1 Å².